The summed E-state index contributed by atoms with van der Waals surface area (Å²) in [6.07, 6.45) is 1.55. The van der Waals surface area contributed by atoms with Crippen molar-refractivity contribution in [3.05, 3.63) is 82.9 Å². The minimum atomic E-state index is -0.956. The van der Waals surface area contributed by atoms with Crippen LogP contribution in [0.25, 0.3) is 22.6 Å². The van der Waals surface area contributed by atoms with E-state index >= 15 is 0 Å². The molecule has 5 rings (SSSR count). The number of hydrogen-bond acceptors (Lipinski definition) is 7. The van der Waals surface area contributed by atoms with Crippen LogP contribution in [-0.2, 0) is 17.8 Å². The third-order valence-corrected chi connectivity index (χ3v) is 5.18. The highest BCUT2D eigenvalue weighted by atomic mass is 19.2. The van der Waals surface area contributed by atoms with E-state index in [2.05, 4.69) is 20.2 Å². The molecule has 1 aliphatic heterocycles. The zero-order valence-electron chi connectivity index (χ0n) is 17.4. The standard InChI is InChI=1S/C23H17F2N5O3/c1-32-23(31)14-5-2-4-13(8-14)18-9-15(33-29-18)11-30-12-20-19(10-26-30)27-22(28-20)16-6-3-7-17(24)21(16)25/h2-10H,11-12H2,1H3,(H,27,28). The molecule has 166 valence electrons. The second kappa shape index (κ2) is 8.30. The van der Waals surface area contributed by atoms with Crippen molar-refractivity contribution in [1.29, 1.82) is 0 Å². The molecule has 0 fully saturated rings. The van der Waals surface area contributed by atoms with Gasteiger partial charge in [-0.1, -0.05) is 23.4 Å². The van der Waals surface area contributed by atoms with Crippen LogP contribution in [0, 0.1) is 11.6 Å². The Morgan fingerprint density at radius 3 is 2.91 bits per heavy atom. The van der Waals surface area contributed by atoms with Gasteiger partial charge in [-0.05, 0) is 24.3 Å². The number of esters is 1. The Hall–Kier alpha value is -4.34. The van der Waals surface area contributed by atoms with Gasteiger partial charge in [0, 0.05) is 11.6 Å². The number of imidazole rings is 1. The van der Waals surface area contributed by atoms with Crippen molar-refractivity contribution in [2.24, 2.45) is 5.10 Å². The highest BCUT2D eigenvalue weighted by molar-refractivity contribution is 5.90. The number of hydrazone groups is 1. The number of halogens is 2. The number of benzene rings is 2. The second-order valence-electron chi connectivity index (χ2n) is 7.37. The molecule has 33 heavy (non-hydrogen) atoms. The number of methoxy groups -OCH3 is 1. The lowest BCUT2D eigenvalue weighted by Gasteiger charge is -2.19. The molecule has 0 saturated carbocycles. The first-order valence-electron chi connectivity index (χ1n) is 9.98. The molecule has 3 heterocycles. The number of aromatic amines is 1. The normalized spacial score (nSPS) is 12.6. The number of carbonyl (C=O) groups excluding carboxylic acids is 1. The fraction of sp³-hybridized carbons (Fsp3) is 0.130. The van der Waals surface area contributed by atoms with Gasteiger partial charge in [0.1, 0.15) is 17.2 Å². The van der Waals surface area contributed by atoms with Gasteiger partial charge in [-0.25, -0.2) is 18.6 Å². The lowest BCUT2D eigenvalue weighted by Crippen LogP contribution is -2.21. The van der Waals surface area contributed by atoms with Crippen molar-refractivity contribution in [3.8, 4) is 22.6 Å². The summed E-state index contributed by atoms with van der Waals surface area (Å²) in [7, 11) is 1.32. The zero-order chi connectivity index (χ0) is 22.9. The van der Waals surface area contributed by atoms with Gasteiger partial charge in [-0.3, -0.25) is 5.01 Å². The number of nitrogens with one attached hydrogen (secondary N) is 1. The van der Waals surface area contributed by atoms with E-state index in [1.165, 1.54) is 19.2 Å². The number of carbonyl (C=O) groups is 1. The molecule has 0 aliphatic carbocycles. The number of nitrogens with zero attached hydrogens (tertiary/aromatic N) is 4. The SMILES string of the molecule is COC(=O)c1cccc(-c2cc(CN3Cc4[nH]c(-c5cccc(F)c5F)nc4C=N3)on2)c1. The van der Waals surface area contributed by atoms with E-state index in [1.54, 1.807) is 35.5 Å². The van der Waals surface area contributed by atoms with E-state index in [0.717, 1.165) is 6.07 Å². The molecule has 2 aromatic heterocycles. The molecule has 0 atom stereocenters. The number of hydrogen-bond donors (Lipinski definition) is 1. The molecule has 0 amide bonds. The van der Waals surface area contributed by atoms with Crippen LogP contribution < -0.4 is 0 Å². The minimum absolute atomic E-state index is 0.0541. The molecule has 0 radical (unpaired) electrons. The third kappa shape index (κ3) is 3.98. The molecule has 4 aromatic rings. The molecule has 1 N–H and O–H groups in total. The molecule has 0 spiro atoms. The smallest absolute Gasteiger partial charge is 0.337 e. The van der Waals surface area contributed by atoms with E-state index < -0.39 is 17.6 Å². The first-order valence-corrected chi connectivity index (χ1v) is 9.98. The van der Waals surface area contributed by atoms with Gasteiger partial charge in [0.2, 0.25) is 0 Å². The summed E-state index contributed by atoms with van der Waals surface area (Å²) in [6.45, 7) is 0.686. The van der Waals surface area contributed by atoms with E-state index in [-0.39, 0.29) is 11.4 Å². The summed E-state index contributed by atoms with van der Waals surface area (Å²) in [5, 5.41) is 10.2. The van der Waals surface area contributed by atoms with Crippen LogP contribution in [0.2, 0.25) is 0 Å². The molecule has 0 saturated heterocycles. The van der Waals surface area contributed by atoms with Crippen molar-refractivity contribution in [2.45, 2.75) is 13.1 Å². The quantitative estimate of drug-likeness (QED) is 0.460. The average molecular weight is 449 g/mol. The summed E-state index contributed by atoms with van der Waals surface area (Å²) in [5.74, 6) is -1.53. The molecule has 0 unspecified atom stereocenters. The lowest BCUT2D eigenvalue weighted by atomic mass is 10.1. The first kappa shape index (κ1) is 20.6. The Labute approximate surface area is 186 Å². The Balaban J connectivity index is 1.31. The Kier molecular flexibility index (Phi) is 5.17. The first-order chi connectivity index (χ1) is 16.0. The molecule has 1 aliphatic rings. The highest BCUT2D eigenvalue weighted by Gasteiger charge is 2.21. The lowest BCUT2D eigenvalue weighted by molar-refractivity contribution is 0.0600. The van der Waals surface area contributed by atoms with Gasteiger partial charge in [-0.15, -0.1) is 0 Å². The molecule has 8 nitrogen and oxygen atoms in total. The van der Waals surface area contributed by atoms with Crippen molar-refractivity contribution in [1.82, 2.24) is 20.1 Å². The van der Waals surface area contributed by atoms with Crippen LogP contribution >= 0.6 is 0 Å². The maximum atomic E-state index is 14.1. The summed E-state index contributed by atoms with van der Waals surface area (Å²) in [5.41, 5.74) is 3.03. The maximum absolute atomic E-state index is 14.1. The highest BCUT2D eigenvalue weighted by Crippen LogP contribution is 2.26. The fourth-order valence-corrected chi connectivity index (χ4v) is 3.55. The number of ether oxygens (including phenoxy) is 1. The summed E-state index contributed by atoms with van der Waals surface area (Å²) < 4.78 is 37.9. The van der Waals surface area contributed by atoms with Crippen LogP contribution in [0.4, 0.5) is 8.78 Å². The summed E-state index contributed by atoms with van der Waals surface area (Å²) in [4.78, 5) is 19.1. The molecular formula is C23H17F2N5O3. The average Bonchev–Trinajstić information content (AvgIpc) is 3.47. The summed E-state index contributed by atoms with van der Waals surface area (Å²) in [6, 6.07) is 12.6. The van der Waals surface area contributed by atoms with Gasteiger partial charge < -0.3 is 14.2 Å². The van der Waals surface area contributed by atoms with Crippen LogP contribution in [-0.4, -0.2) is 39.4 Å². The number of rotatable bonds is 5. The number of fused-ring (bicyclic) bond motifs is 1. The zero-order valence-corrected chi connectivity index (χ0v) is 17.4. The molecule has 0 bridgehead atoms. The topological polar surface area (TPSA) is 96.6 Å². The van der Waals surface area contributed by atoms with Crippen LogP contribution in [0.5, 0.6) is 0 Å². The van der Waals surface area contributed by atoms with Crippen molar-refractivity contribution in [3.63, 3.8) is 0 Å². The van der Waals surface area contributed by atoms with Crippen molar-refractivity contribution in [2.75, 3.05) is 7.11 Å². The number of aromatic nitrogens is 3. The molecule has 2 aromatic carbocycles. The van der Waals surface area contributed by atoms with Crippen molar-refractivity contribution >= 4 is 12.2 Å². The number of H-pyrrole nitrogens is 1. The van der Waals surface area contributed by atoms with E-state index in [4.69, 9.17) is 9.26 Å². The van der Waals surface area contributed by atoms with Crippen LogP contribution in [0.1, 0.15) is 27.5 Å². The Morgan fingerprint density at radius 1 is 1.21 bits per heavy atom. The third-order valence-electron chi connectivity index (χ3n) is 5.18. The predicted octanol–water partition coefficient (Wildman–Crippen LogP) is 4.15. The van der Waals surface area contributed by atoms with Gasteiger partial charge in [-0.2, -0.15) is 5.10 Å². The van der Waals surface area contributed by atoms with Gasteiger partial charge in [0.15, 0.2) is 17.4 Å². The Morgan fingerprint density at radius 2 is 2.06 bits per heavy atom. The fourth-order valence-electron chi connectivity index (χ4n) is 3.55. The van der Waals surface area contributed by atoms with E-state index in [1.807, 2.05) is 6.07 Å². The van der Waals surface area contributed by atoms with Crippen LogP contribution in [0.15, 0.2) is 58.2 Å². The van der Waals surface area contributed by atoms with Crippen molar-refractivity contribution < 1.29 is 22.8 Å². The maximum Gasteiger partial charge on any atom is 0.337 e. The second-order valence-corrected chi connectivity index (χ2v) is 7.37. The minimum Gasteiger partial charge on any atom is -0.465 e. The van der Waals surface area contributed by atoms with E-state index in [9.17, 15) is 13.6 Å². The monoisotopic (exact) mass is 449 g/mol. The predicted molar refractivity (Wildman–Crippen MR) is 114 cm³/mol. The van der Waals surface area contributed by atoms with Gasteiger partial charge in [0.25, 0.3) is 0 Å². The van der Waals surface area contributed by atoms with Crippen LogP contribution in [0.3, 0.4) is 0 Å². The molecule has 10 heteroatoms. The largest absolute Gasteiger partial charge is 0.465 e. The van der Waals surface area contributed by atoms with Gasteiger partial charge >= 0.3 is 5.97 Å². The summed E-state index contributed by atoms with van der Waals surface area (Å²) >= 11 is 0. The molecular weight excluding hydrogens is 432 g/mol. The van der Waals surface area contributed by atoms with E-state index in [0.29, 0.717) is 47.1 Å². The van der Waals surface area contributed by atoms with Gasteiger partial charge in [0.05, 0.1) is 43.2 Å². The Bertz CT molecular complexity index is 1380.